The molecule has 0 aromatic rings. The SMILES string of the molecule is CCN(C)CC1CCCCC1CN. The maximum absolute atomic E-state index is 5.79. The van der Waals surface area contributed by atoms with E-state index in [0.29, 0.717) is 0 Å². The van der Waals surface area contributed by atoms with E-state index in [1.807, 2.05) is 0 Å². The third-order valence-electron chi connectivity index (χ3n) is 3.46. The van der Waals surface area contributed by atoms with Crippen molar-refractivity contribution < 1.29 is 0 Å². The van der Waals surface area contributed by atoms with E-state index in [4.69, 9.17) is 5.73 Å². The average Bonchev–Trinajstić information content (AvgIpc) is 2.18. The number of nitrogens with two attached hydrogens (primary N) is 1. The zero-order valence-electron chi connectivity index (χ0n) is 9.13. The Labute approximate surface area is 82.5 Å². The predicted molar refractivity (Wildman–Crippen MR) is 57.7 cm³/mol. The maximum atomic E-state index is 5.79. The number of hydrogen-bond donors (Lipinski definition) is 1. The maximum Gasteiger partial charge on any atom is 0.000961 e. The van der Waals surface area contributed by atoms with E-state index in [2.05, 4.69) is 18.9 Å². The molecule has 2 nitrogen and oxygen atoms in total. The van der Waals surface area contributed by atoms with E-state index in [0.717, 1.165) is 24.9 Å². The minimum atomic E-state index is 0.794. The quantitative estimate of drug-likeness (QED) is 0.720. The third-order valence-corrected chi connectivity index (χ3v) is 3.46. The van der Waals surface area contributed by atoms with Gasteiger partial charge in [0.2, 0.25) is 0 Å². The van der Waals surface area contributed by atoms with Crippen molar-refractivity contribution >= 4 is 0 Å². The first-order valence-corrected chi connectivity index (χ1v) is 5.66. The Hall–Kier alpha value is -0.0800. The van der Waals surface area contributed by atoms with Crippen LogP contribution in [0, 0.1) is 11.8 Å². The van der Waals surface area contributed by atoms with Gasteiger partial charge < -0.3 is 10.6 Å². The van der Waals surface area contributed by atoms with Crippen molar-refractivity contribution in [2.24, 2.45) is 17.6 Å². The number of rotatable bonds is 4. The van der Waals surface area contributed by atoms with Crippen LogP contribution in [0.4, 0.5) is 0 Å². The Morgan fingerprint density at radius 3 is 2.38 bits per heavy atom. The molecule has 13 heavy (non-hydrogen) atoms. The molecule has 0 aromatic carbocycles. The van der Waals surface area contributed by atoms with Crippen molar-refractivity contribution in [2.45, 2.75) is 32.6 Å². The van der Waals surface area contributed by atoms with E-state index in [1.54, 1.807) is 0 Å². The lowest BCUT2D eigenvalue weighted by atomic mass is 9.79. The van der Waals surface area contributed by atoms with Crippen LogP contribution in [0.2, 0.25) is 0 Å². The summed E-state index contributed by atoms with van der Waals surface area (Å²) in [6.07, 6.45) is 5.57. The molecule has 0 spiro atoms. The summed E-state index contributed by atoms with van der Waals surface area (Å²) in [6.45, 7) is 5.52. The molecule has 2 N–H and O–H groups in total. The number of nitrogens with zero attached hydrogens (tertiary/aromatic N) is 1. The average molecular weight is 184 g/mol. The zero-order chi connectivity index (χ0) is 9.68. The molecule has 1 fully saturated rings. The molecule has 0 aromatic heterocycles. The molecule has 0 aliphatic heterocycles. The molecule has 0 bridgehead atoms. The molecule has 0 saturated heterocycles. The molecular weight excluding hydrogens is 160 g/mol. The van der Waals surface area contributed by atoms with Crippen LogP contribution in [-0.2, 0) is 0 Å². The minimum Gasteiger partial charge on any atom is -0.330 e. The monoisotopic (exact) mass is 184 g/mol. The normalized spacial score (nSPS) is 29.5. The minimum absolute atomic E-state index is 0.794. The van der Waals surface area contributed by atoms with Crippen LogP contribution in [-0.4, -0.2) is 31.6 Å². The van der Waals surface area contributed by atoms with E-state index >= 15 is 0 Å². The summed E-state index contributed by atoms with van der Waals surface area (Å²) in [5.41, 5.74) is 5.79. The molecule has 2 unspecified atom stereocenters. The summed E-state index contributed by atoms with van der Waals surface area (Å²) in [4.78, 5) is 2.42. The highest BCUT2D eigenvalue weighted by molar-refractivity contribution is 4.77. The molecule has 0 radical (unpaired) electrons. The fourth-order valence-corrected chi connectivity index (χ4v) is 2.36. The van der Waals surface area contributed by atoms with Crippen molar-refractivity contribution in [3.05, 3.63) is 0 Å². The van der Waals surface area contributed by atoms with Gasteiger partial charge in [0, 0.05) is 6.54 Å². The van der Waals surface area contributed by atoms with Crippen LogP contribution < -0.4 is 5.73 Å². The summed E-state index contributed by atoms with van der Waals surface area (Å²) in [5.74, 6) is 1.66. The molecule has 0 heterocycles. The van der Waals surface area contributed by atoms with Crippen LogP contribution >= 0.6 is 0 Å². The van der Waals surface area contributed by atoms with Gasteiger partial charge in [-0.2, -0.15) is 0 Å². The van der Waals surface area contributed by atoms with Crippen LogP contribution in [0.3, 0.4) is 0 Å². The Balaban J connectivity index is 2.35. The van der Waals surface area contributed by atoms with Crippen molar-refractivity contribution in [2.75, 3.05) is 26.7 Å². The van der Waals surface area contributed by atoms with Gasteiger partial charge in [-0.05, 0) is 44.8 Å². The fraction of sp³-hybridized carbons (Fsp3) is 1.00. The highest BCUT2D eigenvalue weighted by atomic mass is 15.1. The summed E-state index contributed by atoms with van der Waals surface area (Å²) in [5, 5.41) is 0. The van der Waals surface area contributed by atoms with Crippen LogP contribution in [0.25, 0.3) is 0 Å². The van der Waals surface area contributed by atoms with E-state index in [-0.39, 0.29) is 0 Å². The summed E-state index contributed by atoms with van der Waals surface area (Å²) in [6, 6.07) is 0. The van der Waals surface area contributed by atoms with Gasteiger partial charge in [0.15, 0.2) is 0 Å². The molecule has 78 valence electrons. The van der Waals surface area contributed by atoms with Gasteiger partial charge in [0.1, 0.15) is 0 Å². The molecule has 0 amide bonds. The predicted octanol–water partition coefficient (Wildman–Crippen LogP) is 1.70. The summed E-state index contributed by atoms with van der Waals surface area (Å²) in [7, 11) is 2.21. The fourth-order valence-electron chi connectivity index (χ4n) is 2.36. The first kappa shape index (κ1) is 11.0. The van der Waals surface area contributed by atoms with Crippen molar-refractivity contribution in [3.63, 3.8) is 0 Å². The van der Waals surface area contributed by atoms with Crippen molar-refractivity contribution in [3.8, 4) is 0 Å². The third kappa shape index (κ3) is 3.28. The van der Waals surface area contributed by atoms with Crippen molar-refractivity contribution in [1.82, 2.24) is 4.90 Å². The van der Waals surface area contributed by atoms with Crippen molar-refractivity contribution in [1.29, 1.82) is 0 Å². The van der Waals surface area contributed by atoms with Gasteiger partial charge >= 0.3 is 0 Å². The second kappa shape index (κ2) is 5.61. The molecular formula is C11H24N2. The second-order valence-electron chi connectivity index (χ2n) is 4.40. The first-order chi connectivity index (χ1) is 6.27. The van der Waals surface area contributed by atoms with Gasteiger partial charge in [0.25, 0.3) is 0 Å². The Bertz CT molecular complexity index is 136. The Kier molecular flexibility index (Phi) is 4.74. The highest BCUT2D eigenvalue weighted by Crippen LogP contribution is 2.29. The largest absolute Gasteiger partial charge is 0.330 e. The first-order valence-electron chi connectivity index (χ1n) is 5.66. The highest BCUT2D eigenvalue weighted by Gasteiger charge is 2.24. The lowest BCUT2D eigenvalue weighted by Gasteiger charge is -2.33. The van der Waals surface area contributed by atoms with Crippen LogP contribution in [0.15, 0.2) is 0 Å². The molecule has 1 aliphatic carbocycles. The molecule has 2 heteroatoms. The Morgan fingerprint density at radius 1 is 1.23 bits per heavy atom. The molecule has 1 rings (SSSR count). The second-order valence-corrected chi connectivity index (χ2v) is 4.40. The Morgan fingerprint density at radius 2 is 1.85 bits per heavy atom. The van der Waals surface area contributed by atoms with E-state index < -0.39 is 0 Å². The van der Waals surface area contributed by atoms with E-state index in [9.17, 15) is 0 Å². The van der Waals surface area contributed by atoms with E-state index in [1.165, 1.54) is 32.2 Å². The van der Waals surface area contributed by atoms with Gasteiger partial charge in [0.05, 0.1) is 0 Å². The zero-order valence-corrected chi connectivity index (χ0v) is 9.13. The summed E-state index contributed by atoms with van der Waals surface area (Å²) >= 11 is 0. The lowest BCUT2D eigenvalue weighted by Crippen LogP contribution is -2.35. The van der Waals surface area contributed by atoms with Crippen LogP contribution in [0.1, 0.15) is 32.6 Å². The van der Waals surface area contributed by atoms with Gasteiger partial charge in [-0.15, -0.1) is 0 Å². The van der Waals surface area contributed by atoms with Crippen LogP contribution in [0.5, 0.6) is 0 Å². The topological polar surface area (TPSA) is 29.3 Å². The summed E-state index contributed by atoms with van der Waals surface area (Å²) < 4.78 is 0. The standard InChI is InChI=1S/C11H24N2/c1-3-13(2)9-11-7-5-4-6-10(11)8-12/h10-11H,3-9,12H2,1-2H3. The lowest BCUT2D eigenvalue weighted by molar-refractivity contribution is 0.178. The van der Waals surface area contributed by atoms with Gasteiger partial charge in [-0.3, -0.25) is 0 Å². The number of hydrogen-bond acceptors (Lipinski definition) is 2. The van der Waals surface area contributed by atoms with Gasteiger partial charge in [-0.1, -0.05) is 19.8 Å². The smallest absolute Gasteiger partial charge is 0.000961 e. The molecule has 1 saturated carbocycles. The van der Waals surface area contributed by atoms with Gasteiger partial charge in [-0.25, -0.2) is 0 Å². The molecule has 2 atom stereocenters. The molecule has 1 aliphatic rings.